The number of aryl methyl sites for hydroxylation is 1. The molecular formula is C20H24N2O7. The van der Waals surface area contributed by atoms with E-state index in [-0.39, 0.29) is 36.0 Å². The van der Waals surface area contributed by atoms with Gasteiger partial charge >= 0.3 is 5.69 Å². The van der Waals surface area contributed by atoms with Crippen molar-refractivity contribution >= 4 is 11.6 Å². The van der Waals surface area contributed by atoms with E-state index in [0.29, 0.717) is 5.75 Å². The molecule has 0 fully saturated rings. The fourth-order valence-corrected chi connectivity index (χ4v) is 2.80. The third-order valence-corrected chi connectivity index (χ3v) is 4.34. The van der Waals surface area contributed by atoms with Gasteiger partial charge in [-0.05, 0) is 18.6 Å². The van der Waals surface area contributed by atoms with Gasteiger partial charge in [0.1, 0.15) is 17.9 Å². The van der Waals surface area contributed by atoms with Gasteiger partial charge < -0.3 is 23.8 Å². The number of para-hydroxylation sites is 1. The van der Waals surface area contributed by atoms with Crippen LogP contribution in [-0.4, -0.2) is 57.3 Å². The first kappa shape index (κ1) is 21.8. The molecule has 2 aromatic rings. The van der Waals surface area contributed by atoms with Gasteiger partial charge in [-0.2, -0.15) is 0 Å². The van der Waals surface area contributed by atoms with E-state index in [2.05, 4.69) is 0 Å². The van der Waals surface area contributed by atoms with Crippen LogP contribution < -0.4 is 18.9 Å². The summed E-state index contributed by atoms with van der Waals surface area (Å²) in [5, 5.41) is 11.7. The Morgan fingerprint density at radius 1 is 1.07 bits per heavy atom. The molecule has 9 heteroatoms. The Labute approximate surface area is 168 Å². The molecule has 29 heavy (non-hydrogen) atoms. The van der Waals surface area contributed by atoms with Crippen LogP contribution in [0.3, 0.4) is 0 Å². The highest BCUT2D eigenvalue weighted by atomic mass is 16.6. The Morgan fingerprint density at radius 3 is 2.28 bits per heavy atom. The largest absolute Gasteiger partial charge is 0.493 e. The maximum atomic E-state index is 12.9. The number of carbonyl (C=O) groups is 1. The third-order valence-electron chi connectivity index (χ3n) is 4.34. The fourth-order valence-electron chi connectivity index (χ4n) is 2.80. The van der Waals surface area contributed by atoms with Crippen molar-refractivity contribution in [1.29, 1.82) is 0 Å². The summed E-state index contributed by atoms with van der Waals surface area (Å²) in [5.74, 6) is 0.174. The molecule has 0 atom stereocenters. The second-order valence-corrected chi connectivity index (χ2v) is 6.14. The lowest BCUT2D eigenvalue weighted by Crippen LogP contribution is -2.31. The van der Waals surface area contributed by atoms with Gasteiger partial charge in [-0.15, -0.1) is 0 Å². The lowest BCUT2D eigenvalue weighted by atomic mass is 10.1. The number of nitrogens with zero attached hydrogens (tertiary/aromatic N) is 2. The minimum atomic E-state index is -0.675. The van der Waals surface area contributed by atoms with Crippen LogP contribution in [0.4, 0.5) is 5.69 Å². The topological polar surface area (TPSA) is 100 Å². The van der Waals surface area contributed by atoms with Crippen molar-refractivity contribution in [3.63, 3.8) is 0 Å². The van der Waals surface area contributed by atoms with Gasteiger partial charge in [0.05, 0.1) is 32.8 Å². The van der Waals surface area contributed by atoms with Crippen LogP contribution in [0.25, 0.3) is 0 Å². The predicted molar refractivity (Wildman–Crippen MR) is 106 cm³/mol. The molecule has 0 spiro atoms. The van der Waals surface area contributed by atoms with E-state index >= 15 is 0 Å². The number of ether oxygens (including phenoxy) is 4. The number of hydrogen-bond acceptors (Lipinski definition) is 7. The number of nitro groups is 1. The molecule has 0 saturated carbocycles. The summed E-state index contributed by atoms with van der Waals surface area (Å²) in [6.45, 7) is 2.37. The van der Waals surface area contributed by atoms with E-state index < -0.39 is 16.5 Å². The minimum absolute atomic E-state index is 0.0452. The summed E-state index contributed by atoms with van der Waals surface area (Å²) < 4.78 is 21.2. The van der Waals surface area contributed by atoms with E-state index in [0.717, 1.165) is 5.56 Å². The zero-order valence-electron chi connectivity index (χ0n) is 17.1. The molecule has 0 heterocycles. The Morgan fingerprint density at radius 2 is 1.72 bits per heavy atom. The van der Waals surface area contributed by atoms with Crippen LogP contribution in [0, 0.1) is 17.0 Å². The number of amides is 1. The van der Waals surface area contributed by atoms with E-state index in [1.807, 2.05) is 31.2 Å². The maximum Gasteiger partial charge on any atom is 0.327 e. The van der Waals surface area contributed by atoms with Gasteiger partial charge in [0.15, 0.2) is 5.75 Å². The monoisotopic (exact) mass is 404 g/mol. The molecule has 2 aromatic carbocycles. The zero-order valence-corrected chi connectivity index (χ0v) is 17.1. The van der Waals surface area contributed by atoms with Gasteiger partial charge in [0.2, 0.25) is 11.5 Å². The highest BCUT2D eigenvalue weighted by molar-refractivity contribution is 6.00. The average Bonchev–Trinajstić information content (AvgIpc) is 2.72. The molecule has 0 aliphatic heterocycles. The number of rotatable bonds is 9. The fraction of sp³-hybridized carbons (Fsp3) is 0.350. The molecule has 0 aromatic heterocycles. The second kappa shape index (κ2) is 9.63. The average molecular weight is 404 g/mol. The molecule has 1 amide bonds. The quantitative estimate of drug-likeness (QED) is 0.468. The first-order valence-electron chi connectivity index (χ1n) is 8.76. The van der Waals surface area contributed by atoms with Crippen LogP contribution in [0.15, 0.2) is 30.3 Å². The standard InChI is InChI=1S/C20H24N2O7/c1-13-8-6-7-9-15(13)29-11-10-21(2)20(23)14-12-16(26-3)18(27-4)19(28-5)17(14)22(24)25/h6-9,12H,10-11H2,1-5H3. The zero-order chi connectivity index (χ0) is 21.6. The Balaban J connectivity index is 2.28. The number of methoxy groups -OCH3 is 3. The van der Waals surface area contributed by atoms with Crippen molar-refractivity contribution in [3.8, 4) is 23.0 Å². The number of carbonyl (C=O) groups excluding carboxylic acids is 1. The van der Waals surface area contributed by atoms with E-state index in [1.54, 1.807) is 0 Å². The van der Waals surface area contributed by atoms with Crippen molar-refractivity contribution in [1.82, 2.24) is 4.90 Å². The Hall–Kier alpha value is -3.49. The van der Waals surface area contributed by atoms with Crippen LogP contribution >= 0.6 is 0 Å². The highest BCUT2D eigenvalue weighted by Crippen LogP contribution is 2.46. The second-order valence-electron chi connectivity index (χ2n) is 6.14. The first-order valence-corrected chi connectivity index (χ1v) is 8.76. The highest BCUT2D eigenvalue weighted by Gasteiger charge is 2.33. The molecule has 156 valence electrons. The summed E-state index contributed by atoms with van der Waals surface area (Å²) in [5.41, 5.74) is 0.325. The van der Waals surface area contributed by atoms with Crippen molar-refractivity contribution in [2.75, 3.05) is 41.5 Å². The van der Waals surface area contributed by atoms with E-state index in [4.69, 9.17) is 18.9 Å². The number of benzene rings is 2. The predicted octanol–water partition coefficient (Wildman–Crippen LogP) is 3.08. The number of likely N-dealkylation sites (N-methyl/N-ethyl adjacent to an activating group) is 1. The van der Waals surface area contributed by atoms with Gasteiger partial charge in [-0.25, -0.2) is 0 Å². The lowest BCUT2D eigenvalue weighted by molar-refractivity contribution is -0.386. The van der Waals surface area contributed by atoms with E-state index in [1.165, 1.54) is 39.3 Å². The minimum Gasteiger partial charge on any atom is -0.493 e. The Bertz CT molecular complexity index is 899. The molecule has 9 nitrogen and oxygen atoms in total. The van der Waals surface area contributed by atoms with Crippen LogP contribution in [0.2, 0.25) is 0 Å². The summed E-state index contributed by atoms with van der Waals surface area (Å²) in [4.78, 5) is 25.3. The number of nitro benzene ring substituents is 1. The molecule has 2 rings (SSSR count). The van der Waals surface area contributed by atoms with Gasteiger partial charge in [0.25, 0.3) is 5.91 Å². The molecule has 0 N–H and O–H groups in total. The Kier molecular flexibility index (Phi) is 7.24. The molecular weight excluding hydrogens is 380 g/mol. The van der Waals surface area contributed by atoms with Crippen molar-refractivity contribution in [2.45, 2.75) is 6.92 Å². The summed E-state index contributed by atoms with van der Waals surface area (Å²) in [6.07, 6.45) is 0. The van der Waals surface area contributed by atoms with Crippen LogP contribution in [0.1, 0.15) is 15.9 Å². The summed E-state index contributed by atoms with van der Waals surface area (Å²) in [7, 11) is 5.51. The molecule has 0 unspecified atom stereocenters. The molecule has 0 bridgehead atoms. The smallest absolute Gasteiger partial charge is 0.327 e. The SMILES string of the molecule is COc1cc(C(=O)N(C)CCOc2ccccc2C)c([N+](=O)[O-])c(OC)c1OC. The van der Waals surface area contributed by atoms with Crippen molar-refractivity contribution in [2.24, 2.45) is 0 Å². The van der Waals surface area contributed by atoms with Crippen molar-refractivity contribution < 1.29 is 28.7 Å². The first-order chi connectivity index (χ1) is 13.8. The molecule has 0 aliphatic carbocycles. The van der Waals surface area contributed by atoms with E-state index in [9.17, 15) is 14.9 Å². The molecule has 0 radical (unpaired) electrons. The van der Waals surface area contributed by atoms with Crippen LogP contribution in [0.5, 0.6) is 23.0 Å². The summed E-state index contributed by atoms with van der Waals surface area (Å²) in [6, 6.07) is 8.79. The maximum absolute atomic E-state index is 12.9. The third kappa shape index (κ3) is 4.68. The van der Waals surface area contributed by atoms with Gasteiger partial charge in [-0.3, -0.25) is 14.9 Å². The van der Waals surface area contributed by atoms with Gasteiger partial charge in [-0.1, -0.05) is 18.2 Å². The summed E-state index contributed by atoms with van der Waals surface area (Å²) >= 11 is 0. The normalized spacial score (nSPS) is 10.2. The van der Waals surface area contributed by atoms with Gasteiger partial charge in [0, 0.05) is 13.1 Å². The molecule has 0 saturated heterocycles. The van der Waals surface area contributed by atoms with Crippen molar-refractivity contribution in [3.05, 3.63) is 51.6 Å². The lowest BCUT2D eigenvalue weighted by Gasteiger charge is -2.20. The molecule has 0 aliphatic rings. The van der Waals surface area contributed by atoms with Crippen LogP contribution in [-0.2, 0) is 0 Å². The number of hydrogen-bond donors (Lipinski definition) is 0.